The molecule has 2 heterocycles. The number of nitrogens with zero attached hydrogens (tertiary/aromatic N) is 2. The average molecular weight is 370 g/mol. The molecule has 0 saturated carbocycles. The van der Waals surface area contributed by atoms with E-state index in [0.29, 0.717) is 6.54 Å². The van der Waals surface area contributed by atoms with Gasteiger partial charge in [-0.3, -0.25) is 0 Å². The highest BCUT2D eigenvalue weighted by atomic mass is 16.2. The van der Waals surface area contributed by atoms with Crippen LogP contribution in [0.3, 0.4) is 0 Å². The number of rotatable bonds is 6. The fourth-order valence-electron chi connectivity index (χ4n) is 3.19. The summed E-state index contributed by atoms with van der Waals surface area (Å²) in [4.78, 5) is 17.0. The number of pyridine rings is 1. The maximum atomic E-state index is 12.3. The van der Waals surface area contributed by atoms with Crippen LogP contribution in [0.5, 0.6) is 0 Å². The number of imidazole rings is 1. The summed E-state index contributed by atoms with van der Waals surface area (Å²) in [6, 6.07) is 23.7. The van der Waals surface area contributed by atoms with E-state index in [4.69, 9.17) is 0 Å². The third kappa shape index (κ3) is 4.20. The third-order valence-electron chi connectivity index (χ3n) is 4.59. The Kier molecular flexibility index (Phi) is 5.33. The largest absolute Gasteiger partial charge is 0.338 e. The molecule has 0 spiro atoms. The first-order chi connectivity index (χ1) is 13.8. The summed E-state index contributed by atoms with van der Waals surface area (Å²) in [6.07, 6.45) is 5.76. The molecule has 28 heavy (non-hydrogen) atoms. The molecule has 2 aromatic heterocycles. The number of hydrogen-bond acceptors (Lipinski definition) is 2. The topological polar surface area (TPSA) is 58.4 Å². The zero-order valence-corrected chi connectivity index (χ0v) is 15.5. The van der Waals surface area contributed by atoms with Crippen molar-refractivity contribution in [3.63, 3.8) is 0 Å². The van der Waals surface area contributed by atoms with Gasteiger partial charge >= 0.3 is 6.03 Å². The number of fused-ring (bicyclic) bond motifs is 1. The van der Waals surface area contributed by atoms with Gasteiger partial charge in [0.05, 0.1) is 11.4 Å². The van der Waals surface area contributed by atoms with Crippen LogP contribution in [-0.2, 0) is 6.42 Å². The Morgan fingerprint density at radius 2 is 1.71 bits per heavy atom. The molecule has 2 N–H and O–H groups in total. The molecular weight excluding hydrogens is 348 g/mol. The van der Waals surface area contributed by atoms with Gasteiger partial charge in [-0.2, -0.15) is 0 Å². The van der Waals surface area contributed by atoms with Gasteiger partial charge < -0.3 is 15.0 Å². The minimum Gasteiger partial charge on any atom is -0.338 e. The molecule has 5 nitrogen and oxygen atoms in total. The molecule has 2 aromatic carbocycles. The van der Waals surface area contributed by atoms with E-state index in [1.807, 2.05) is 77.5 Å². The van der Waals surface area contributed by atoms with Crippen molar-refractivity contribution in [1.82, 2.24) is 14.7 Å². The van der Waals surface area contributed by atoms with Crippen LogP contribution in [0.4, 0.5) is 10.5 Å². The molecular formula is C23H22N4O. The van der Waals surface area contributed by atoms with Gasteiger partial charge in [0, 0.05) is 24.5 Å². The molecule has 140 valence electrons. The van der Waals surface area contributed by atoms with Crippen molar-refractivity contribution in [2.75, 3.05) is 11.9 Å². The van der Waals surface area contributed by atoms with Crippen molar-refractivity contribution in [2.24, 2.45) is 0 Å². The number of hydrogen-bond donors (Lipinski definition) is 2. The molecule has 0 bridgehead atoms. The Hall–Kier alpha value is -3.60. The number of aromatic nitrogens is 2. The summed E-state index contributed by atoms with van der Waals surface area (Å²) in [7, 11) is 0. The second-order valence-corrected chi connectivity index (χ2v) is 6.61. The highest BCUT2D eigenvalue weighted by Gasteiger charge is 2.11. The van der Waals surface area contributed by atoms with E-state index in [0.717, 1.165) is 35.4 Å². The van der Waals surface area contributed by atoms with Gasteiger partial charge in [-0.15, -0.1) is 0 Å². The lowest BCUT2D eigenvalue weighted by Gasteiger charge is -2.11. The number of carbonyl (C=O) groups is 1. The molecule has 0 fully saturated rings. The third-order valence-corrected chi connectivity index (χ3v) is 4.59. The quantitative estimate of drug-likeness (QED) is 0.481. The minimum absolute atomic E-state index is 0.204. The molecule has 0 saturated heterocycles. The van der Waals surface area contributed by atoms with E-state index >= 15 is 0 Å². The molecule has 0 radical (unpaired) electrons. The number of urea groups is 1. The summed E-state index contributed by atoms with van der Waals surface area (Å²) in [5.41, 5.74) is 4.61. The van der Waals surface area contributed by atoms with E-state index in [1.54, 1.807) is 0 Å². The standard InChI is InChI=1S/C23H22N4O/c28-23(24-15-8-11-18-9-2-1-3-10-18)26-20-13-5-4-12-19(20)21-17-27-16-7-6-14-22(27)25-21/h1-7,9-10,12-14,16-17H,8,11,15H2,(H2,24,26,28). The zero-order valence-electron chi connectivity index (χ0n) is 15.5. The number of para-hydroxylation sites is 1. The van der Waals surface area contributed by atoms with Crippen LogP contribution in [0.15, 0.2) is 85.2 Å². The smallest absolute Gasteiger partial charge is 0.319 e. The van der Waals surface area contributed by atoms with Gasteiger partial charge in [0.1, 0.15) is 5.65 Å². The molecule has 4 aromatic rings. The highest BCUT2D eigenvalue weighted by molar-refractivity contribution is 5.94. The molecule has 4 rings (SSSR count). The van der Waals surface area contributed by atoms with Crippen molar-refractivity contribution in [3.05, 3.63) is 90.8 Å². The predicted octanol–water partition coefficient (Wildman–Crippen LogP) is 4.76. The van der Waals surface area contributed by atoms with Gasteiger partial charge in [-0.05, 0) is 36.6 Å². The molecule has 2 amide bonds. The monoisotopic (exact) mass is 370 g/mol. The Morgan fingerprint density at radius 3 is 2.57 bits per heavy atom. The Labute approximate surface area is 164 Å². The fourth-order valence-corrected chi connectivity index (χ4v) is 3.19. The van der Waals surface area contributed by atoms with Crippen LogP contribution in [0.1, 0.15) is 12.0 Å². The minimum atomic E-state index is -0.204. The summed E-state index contributed by atoms with van der Waals surface area (Å²) < 4.78 is 1.97. The second kappa shape index (κ2) is 8.39. The molecule has 0 atom stereocenters. The number of anilines is 1. The van der Waals surface area contributed by atoms with E-state index in [1.165, 1.54) is 5.56 Å². The molecule has 5 heteroatoms. The van der Waals surface area contributed by atoms with Crippen molar-refractivity contribution in [1.29, 1.82) is 0 Å². The molecule has 0 aliphatic rings. The number of amides is 2. The second-order valence-electron chi connectivity index (χ2n) is 6.61. The lowest BCUT2D eigenvalue weighted by atomic mass is 10.1. The first-order valence-corrected chi connectivity index (χ1v) is 9.41. The van der Waals surface area contributed by atoms with E-state index in [-0.39, 0.29) is 6.03 Å². The van der Waals surface area contributed by atoms with E-state index in [9.17, 15) is 4.79 Å². The summed E-state index contributed by atoms with van der Waals surface area (Å²) in [6.45, 7) is 0.622. The summed E-state index contributed by atoms with van der Waals surface area (Å²) in [5.74, 6) is 0. The Bertz CT molecular complexity index is 1040. The van der Waals surface area contributed by atoms with Crippen molar-refractivity contribution in [2.45, 2.75) is 12.8 Å². The van der Waals surface area contributed by atoms with E-state index in [2.05, 4.69) is 27.8 Å². The Balaban J connectivity index is 1.39. The van der Waals surface area contributed by atoms with Crippen LogP contribution in [0.25, 0.3) is 16.9 Å². The SMILES string of the molecule is O=C(NCCCc1ccccc1)Nc1ccccc1-c1cn2ccccc2n1. The van der Waals surface area contributed by atoms with Crippen molar-refractivity contribution < 1.29 is 4.79 Å². The highest BCUT2D eigenvalue weighted by Crippen LogP contribution is 2.27. The van der Waals surface area contributed by atoms with Crippen LogP contribution in [0, 0.1) is 0 Å². The number of nitrogens with one attached hydrogen (secondary N) is 2. The zero-order chi connectivity index (χ0) is 19.2. The van der Waals surface area contributed by atoms with Crippen LogP contribution in [0.2, 0.25) is 0 Å². The van der Waals surface area contributed by atoms with Crippen molar-refractivity contribution >= 4 is 17.4 Å². The number of aryl methyl sites for hydroxylation is 1. The maximum absolute atomic E-state index is 12.3. The molecule has 0 aliphatic carbocycles. The Morgan fingerprint density at radius 1 is 0.929 bits per heavy atom. The summed E-state index contributed by atoms with van der Waals surface area (Å²) >= 11 is 0. The van der Waals surface area contributed by atoms with Gasteiger partial charge in [-0.25, -0.2) is 9.78 Å². The molecule has 0 aliphatic heterocycles. The average Bonchev–Trinajstić information content (AvgIpc) is 3.16. The lowest BCUT2D eigenvalue weighted by Crippen LogP contribution is -2.29. The predicted molar refractivity (Wildman–Crippen MR) is 112 cm³/mol. The fraction of sp³-hybridized carbons (Fsp3) is 0.130. The van der Waals surface area contributed by atoms with Crippen LogP contribution in [-0.4, -0.2) is 22.0 Å². The van der Waals surface area contributed by atoms with Gasteiger partial charge in [-0.1, -0.05) is 54.6 Å². The lowest BCUT2D eigenvalue weighted by molar-refractivity contribution is 0.252. The number of benzene rings is 2. The van der Waals surface area contributed by atoms with E-state index < -0.39 is 0 Å². The van der Waals surface area contributed by atoms with Crippen LogP contribution >= 0.6 is 0 Å². The first kappa shape index (κ1) is 17.8. The maximum Gasteiger partial charge on any atom is 0.319 e. The summed E-state index contributed by atoms with van der Waals surface area (Å²) in [5, 5.41) is 5.88. The van der Waals surface area contributed by atoms with Gasteiger partial charge in [0.15, 0.2) is 0 Å². The number of carbonyl (C=O) groups excluding carboxylic acids is 1. The normalized spacial score (nSPS) is 10.7. The van der Waals surface area contributed by atoms with Gasteiger partial charge in [0.25, 0.3) is 0 Å². The van der Waals surface area contributed by atoms with Crippen molar-refractivity contribution in [3.8, 4) is 11.3 Å². The first-order valence-electron chi connectivity index (χ1n) is 9.41. The molecule has 0 unspecified atom stereocenters. The van der Waals surface area contributed by atoms with Crippen LogP contribution < -0.4 is 10.6 Å². The van der Waals surface area contributed by atoms with Gasteiger partial charge in [0.2, 0.25) is 0 Å².